The van der Waals surface area contributed by atoms with Gasteiger partial charge in [-0.3, -0.25) is 4.79 Å². The summed E-state index contributed by atoms with van der Waals surface area (Å²) in [5.41, 5.74) is -0.914. The summed E-state index contributed by atoms with van der Waals surface area (Å²) in [4.78, 5) is 12.1. The number of nitrogens with two attached hydrogens (primary N) is 1. The first-order valence-electron chi connectivity index (χ1n) is 5.46. The van der Waals surface area contributed by atoms with Gasteiger partial charge in [0.2, 0.25) is 10.0 Å². The standard InChI is InChI=1S/C11H14F2N2O3S/c1-3-6-15(2)11(16)9-7(12)4-5-8(10(9)13)19(14,17)18/h4-5H,3,6H2,1-2H3,(H2,14,17,18). The Morgan fingerprint density at radius 2 is 1.95 bits per heavy atom. The second kappa shape index (κ2) is 5.62. The summed E-state index contributed by atoms with van der Waals surface area (Å²) in [6.07, 6.45) is 0.598. The minimum Gasteiger partial charge on any atom is -0.342 e. The number of amides is 1. The van der Waals surface area contributed by atoms with Crippen molar-refractivity contribution in [3.63, 3.8) is 0 Å². The fourth-order valence-electron chi connectivity index (χ4n) is 1.58. The van der Waals surface area contributed by atoms with Gasteiger partial charge < -0.3 is 4.90 Å². The Bertz CT molecular complexity index is 602. The topological polar surface area (TPSA) is 80.5 Å². The van der Waals surface area contributed by atoms with Crippen LogP contribution in [0, 0.1) is 11.6 Å². The predicted molar refractivity (Wildman–Crippen MR) is 65.0 cm³/mol. The molecule has 5 nitrogen and oxygen atoms in total. The number of nitrogens with zero attached hydrogens (tertiary/aromatic N) is 1. The first-order chi connectivity index (χ1) is 8.70. The van der Waals surface area contributed by atoms with Crippen LogP contribution in [-0.4, -0.2) is 32.8 Å². The molecule has 0 radical (unpaired) electrons. The van der Waals surface area contributed by atoms with Crippen molar-refractivity contribution in [2.75, 3.05) is 13.6 Å². The van der Waals surface area contributed by atoms with Gasteiger partial charge in [-0.2, -0.15) is 0 Å². The molecule has 1 aromatic rings. The van der Waals surface area contributed by atoms with E-state index in [9.17, 15) is 22.0 Å². The van der Waals surface area contributed by atoms with Crippen molar-refractivity contribution < 1.29 is 22.0 Å². The zero-order valence-corrected chi connectivity index (χ0v) is 11.3. The molecule has 0 aliphatic rings. The van der Waals surface area contributed by atoms with E-state index in [0.717, 1.165) is 4.90 Å². The van der Waals surface area contributed by atoms with Gasteiger partial charge in [-0.25, -0.2) is 22.3 Å². The van der Waals surface area contributed by atoms with Gasteiger partial charge in [-0.05, 0) is 18.6 Å². The van der Waals surface area contributed by atoms with E-state index in [2.05, 4.69) is 0 Å². The smallest absolute Gasteiger partial charge is 0.259 e. The highest BCUT2D eigenvalue weighted by Crippen LogP contribution is 2.21. The van der Waals surface area contributed by atoms with Crippen LogP contribution in [0.15, 0.2) is 17.0 Å². The van der Waals surface area contributed by atoms with E-state index >= 15 is 0 Å². The average molecular weight is 292 g/mol. The van der Waals surface area contributed by atoms with Crippen molar-refractivity contribution in [2.45, 2.75) is 18.2 Å². The third-order valence-corrected chi connectivity index (χ3v) is 3.41. The Morgan fingerprint density at radius 3 is 2.42 bits per heavy atom. The maximum atomic E-state index is 13.9. The molecule has 19 heavy (non-hydrogen) atoms. The molecule has 8 heteroatoms. The lowest BCUT2D eigenvalue weighted by atomic mass is 10.1. The van der Waals surface area contributed by atoms with Crippen molar-refractivity contribution in [1.29, 1.82) is 0 Å². The molecule has 0 saturated carbocycles. The molecule has 0 spiro atoms. The van der Waals surface area contributed by atoms with E-state index in [-0.39, 0.29) is 6.54 Å². The Kier molecular flexibility index (Phi) is 4.59. The highest BCUT2D eigenvalue weighted by atomic mass is 32.2. The van der Waals surface area contributed by atoms with Crippen LogP contribution in [0.2, 0.25) is 0 Å². The fourth-order valence-corrected chi connectivity index (χ4v) is 2.19. The molecule has 0 fully saturated rings. The highest BCUT2D eigenvalue weighted by molar-refractivity contribution is 7.89. The summed E-state index contributed by atoms with van der Waals surface area (Å²) in [6.45, 7) is 2.08. The summed E-state index contributed by atoms with van der Waals surface area (Å²) < 4.78 is 49.7. The number of sulfonamides is 1. The monoisotopic (exact) mass is 292 g/mol. The Labute approximate surface area is 110 Å². The van der Waals surface area contributed by atoms with Crippen molar-refractivity contribution >= 4 is 15.9 Å². The Balaban J connectivity index is 3.40. The van der Waals surface area contributed by atoms with Crippen LogP contribution in [0.3, 0.4) is 0 Å². The lowest BCUT2D eigenvalue weighted by molar-refractivity contribution is 0.0784. The molecule has 0 aliphatic heterocycles. The van der Waals surface area contributed by atoms with E-state index < -0.39 is 38.0 Å². The molecular formula is C11H14F2N2O3S. The SMILES string of the molecule is CCCN(C)C(=O)c1c(F)ccc(S(N)(=O)=O)c1F. The third kappa shape index (κ3) is 3.27. The molecule has 1 aromatic carbocycles. The van der Waals surface area contributed by atoms with E-state index in [1.54, 1.807) is 6.92 Å². The summed E-state index contributed by atoms with van der Waals surface area (Å²) in [5, 5.41) is 4.80. The number of hydrogen-bond donors (Lipinski definition) is 1. The zero-order valence-electron chi connectivity index (χ0n) is 10.5. The summed E-state index contributed by atoms with van der Waals surface area (Å²) in [5.74, 6) is -3.52. The zero-order chi connectivity index (χ0) is 14.8. The quantitative estimate of drug-likeness (QED) is 0.902. The molecule has 0 bridgehead atoms. The number of halogens is 2. The molecule has 0 unspecified atom stereocenters. The molecule has 0 heterocycles. The van der Waals surface area contributed by atoms with Crippen LogP contribution < -0.4 is 5.14 Å². The van der Waals surface area contributed by atoms with Crippen LogP contribution in [0.5, 0.6) is 0 Å². The summed E-state index contributed by atoms with van der Waals surface area (Å²) in [6, 6.07) is 1.40. The molecule has 1 rings (SSSR count). The number of carbonyl (C=O) groups excluding carboxylic acids is 1. The number of hydrogen-bond acceptors (Lipinski definition) is 3. The first-order valence-corrected chi connectivity index (χ1v) is 7.01. The molecule has 0 aliphatic carbocycles. The largest absolute Gasteiger partial charge is 0.342 e. The van der Waals surface area contributed by atoms with Crippen molar-refractivity contribution in [3.8, 4) is 0 Å². The number of rotatable bonds is 4. The van der Waals surface area contributed by atoms with E-state index in [1.165, 1.54) is 7.05 Å². The van der Waals surface area contributed by atoms with Gasteiger partial charge in [-0.1, -0.05) is 6.92 Å². The number of carbonyl (C=O) groups is 1. The fraction of sp³-hybridized carbons (Fsp3) is 0.364. The lowest BCUT2D eigenvalue weighted by Gasteiger charge is -2.17. The molecule has 0 atom stereocenters. The minimum absolute atomic E-state index is 0.289. The van der Waals surface area contributed by atoms with E-state index in [0.29, 0.717) is 18.6 Å². The molecule has 0 saturated heterocycles. The molecule has 2 N–H and O–H groups in total. The summed E-state index contributed by atoms with van der Waals surface area (Å²) >= 11 is 0. The van der Waals surface area contributed by atoms with Crippen molar-refractivity contribution in [3.05, 3.63) is 29.3 Å². The Morgan fingerprint density at radius 1 is 1.37 bits per heavy atom. The van der Waals surface area contributed by atoms with E-state index in [1.807, 2.05) is 0 Å². The molecule has 0 aromatic heterocycles. The lowest BCUT2D eigenvalue weighted by Crippen LogP contribution is -2.30. The van der Waals surface area contributed by atoms with Gasteiger partial charge in [0.25, 0.3) is 5.91 Å². The molecule has 1 amide bonds. The highest BCUT2D eigenvalue weighted by Gasteiger charge is 2.26. The van der Waals surface area contributed by atoms with Gasteiger partial charge in [0.1, 0.15) is 16.3 Å². The van der Waals surface area contributed by atoms with Gasteiger partial charge in [0.15, 0.2) is 5.82 Å². The van der Waals surface area contributed by atoms with Crippen LogP contribution in [0.25, 0.3) is 0 Å². The maximum Gasteiger partial charge on any atom is 0.259 e. The van der Waals surface area contributed by atoms with Crippen molar-refractivity contribution in [2.24, 2.45) is 5.14 Å². The maximum absolute atomic E-state index is 13.9. The van der Waals surface area contributed by atoms with Gasteiger partial charge in [0.05, 0.1) is 0 Å². The van der Waals surface area contributed by atoms with Crippen LogP contribution in [-0.2, 0) is 10.0 Å². The number of benzene rings is 1. The minimum atomic E-state index is -4.36. The number of primary sulfonamides is 1. The van der Waals surface area contributed by atoms with Crippen LogP contribution in [0.1, 0.15) is 23.7 Å². The van der Waals surface area contributed by atoms with Crippen molar-refractivity contribution in [1.82, 2.24) is 4.90 Å². The van der Waals surface area contributed by atoms with Gasteiger partial charge in [0, 0.05) is 13.6 Å². The molecule has 106 valence electrons. The average Bonchev–Trinajstić information content (AvgIpc) is 2.27. The van der Waals surface area contributed by atoms with Crippen LogP contribution >= 0.6 is 0 Å². The van der Waals surface area contributed by atoms with Gasteiger partial charge in [-0.15, -0.1) is 0 Å². The summed E-state index contributed by atoms with van der Waals surface area (Å²) in [7, 11) is -2.99. The second-order valence-electron chi connectivity index (χ2n) is 4.01. The molecular weight excluding hydrogens is 278 g/mol. The normalized spacial score (nSPS) is 11.4. The van der Waals surface area contributed by atoms with E-state index in [4.69, 9.17) is 5.14 Å². The van der Waals surface area contributed by atoms with Crippen LogP contribution in [0.4, 0.5) is 8.78 Å². The Hall–Kier alpha value is -1.54. The second-order valence-corrected chi connectivity index (χ2v) is 5.54. The first kappa shape index (κ1) is 15.5. The third-order valence-electron chi connectivity index (χ3n) is 2.48. The van der Waals surface area contributed by atoms with Gasteiger partial charge >= 0.3 is 0 Å². The predicted octanol–water partition coefficient (Wildman–Crippen LogP) is 1.09.